The minimum absolute atomic E-state index is 0.0498. The van der Waals surface area contributed by atoms with Gasteiger partial charge in [-0.1, -0.05) is 35.9 Å². The summed E-state index contributed by atoms with van der Waals surface area (Å²) < 4.78 is 41.2. The van der Waals surface area contributed by atoms with Crippen LogP contribution in [0.2, 0.25) is 5.02 Å². The van der Waals surface area contributed by atoms with Gasteiger partial charge < -0.3 is 4.74 Å². The number of nitrogens with zero attached hydrogens (tertiary/aromatic N) is 3. The summed E-state index contributed by atoms with van der Waals surface area (Å²) >= 11 is 6.61. The van der Waals surface area contributed by atoms with Crippen molar-refractivity contribution in [3.05, 3.63) is 99.1 Å². The zero-order valence-corrected chi connectivity index (χ0v) is 21.9. The number of nitriles is 1. The number of piperidine rings is 1. The van der Waals surface area contributed by atoms with Crippen LogP contribution in [-0.2, 0) is 26.2 Å². The molecule has 2 aliphatic heterocycles. The van der Waals surface area contributed by atoms with Gasteiger partial charge in [0.15, 0.2) is 5.78 Å². The Balaban J connectivity index is 1.17. The summed E-state index contributed by atoms with van der Waals surface area (Å²) in [4.78, 5) is 17.9. The van der Waals surface area contributed by atoms with Crippen LogP contribution in [0.5, 0.6) is 5.75 Å². The lowest BCUT2D eigenvalue weighted by molar-refractivity contribution is -0.274. The molecular formula is C30H27ClF3N3O2. The summed E-state index contributed by atoms with van der Waals surface area (Å²) in [5.41, 5.74) is 5.30. The fourth-order valence-corrected chi connectivity index (χ4v) is 5.67. The number of Topliss-reactive ketones (excluding diaryl/α,β-unsaturated/α-hetero) is 1. The van der Waals surface area contributed by atoms with E-state index in [0.717, 1.165) is 54.7 Å². The number of rotatable bonds is 7. The van der Waals surface area contributed by atoms with Crippen LogP contribution in [0.4, 0.5) is 13.2 Å². The molecule has 0 bridgehead atoms. The van der Waals surface area contributed by atoms with Crippen molar-refractivity contribution in [2.75, 3.05) is 13.1 Å². The number of likely N-dealkylation sites (tertiary alicyclic amines) is 1. The Morgan fingerprint density at radius 1 is 0.949 bits per heavy atom. The third kappa shape index (κ3) is 6.80. The van der Waals surface area contributed by atoms with Gasteiger partial charge >= 0.3 is 6.36 Å². The van der Waals surface area contributed by atoms with E-state index in [1.807, 2.05) is 30.3 Å². The van der Waals surface area contributed by atoms with E-state index in [0.29, 0.717) is 35.8 Å². The van der Waals surface area contributed by atoms with Crippen LogP contribution in [0.15, 0.2) is 60.7 Å². The molecule has 5 rings (SSSR count). The number of benzene rings is 3. The molecule has 2 heterocycles. The number of hydrogen-bond acceptors (Lipinski definition) is 5. The molecule has 39 heavy (non-hydrogen) atoms. The predicted molar refractivity (Wildman–Crippen MR) is 141 cm³/mol. The minimum atomic E-state index is -4.72. The number of carbonyl (C=O) groups is 1. The van der Waals surface area contributed by atoms with E-state index >= 15 is 0 Å². The van der Waals surface area contributed by atoms with E-state index in [-0.39, 0.29) is 17.5 Å². The lowest BCUT2D eigenvalue weighted by atomic mass is 9.88. The van der Waals surface area contributed by atoms with E-state index in [9.17, 15) is 18.0 Å². The first-order valence-corrected chi connectivity index (χ1v) is 13.2. The number of alkyl halides is 3. The first-order chi connectivity index (χ1) is 18.7. The molecule has 0 radical (unpaired) electrons. The molecule has 0 atom stereocenters. The fraction of sp³-hybridized carbons (Fsp3) is 0.333. The van der Waals surface area contributed by atoms with Crippen LogP contribution < -0.4 is 4.74 Å². The van der Waals surface area contributed by atoms with Gasteiger partial charge in [-0.25, -0.2) is 0 Å². The summed E-state index contributed by atoms with van der Waals surface area (Å²) in [6, 6.07) is 19.3. The van der Waals surface area contributed by atoms with E-state index in [1.54, 1.807) is 18.2 Å². The largest absolute Gasteiger partial charge is 0.573 e. The first-order valence-electron chi connectivity index (χ1n) is 12.8. The smallest absolute Gasteiger partial charge is 0.406 e. The Hall–Kier alpha value is -3.38. The number of ether oxygens (including phenoxy) is 1. The molecule has 0 spiro atoms. The van der Waals surface area contributed by atoms with Crippen molar-refractivity contribution in [3.63, 3.8) is 0 Å². The van der Waals surface area contributed by atoms with Gasteiger partial charge in [-0.15, -0.1) is 13.2 Å². The lowest BCUT2D eigenvalue weighted by Gasteiger charge is -2.31. The van der Waals surface area contributed by atoms with Crippen LogP contribution >= 0.6 is 11.6 Å². The highest BCUT2D eigenvalue weighted by Crippen LogP contribution is 2.34. The highest BCUT2D eigenvalue weighted by atomic mass is 35.5. The molecule has 0 aliphatic carbocycles. The Morgan fingerprint density at radius 2 is 1.56 bits per heavy atom. The molecule has 0 saturated carbocycles. The van der Waals surface area contributed by atoms with Crippen LogP contribution in [0.3, 0.4) is 0 Å². The van der Waals surface area contributed by atoms with Gasteiger partial charge in [0.1, 0.15) is 5.75 Å². The summed E-state index contributed by atoms with van der Waals surface area (Å²) in [7, 11) is 0. The highest BCUT2D eigenvalue weighted by Gasteiger charge is 2.31. The summed E-state index contributed by atoms with van der Waals surface area (Å²) in [6.07, 6.45) is -3.15. The zero-order chi connectivity index (χ0) is 27.6. The van der Waals surface area contributed by atoms with Crippen molar-refractivity contribution in [2.24, 2.45) is 5.92 Å². The monoisotopic (exact) mass is 553 g/mol. The van der Waals surface area contributed by atoms with Crippen LogP contribution in [0.1, 0.15) is 51.0 Å². The lowest BCUT2D eigenvalue weighted by Crippen LogP contribution is -2.36. The van der Waals surface area contributed by atoms with Crippen LogP contribution in [0, 0.1) is 17.2 Å². The second-order valence-corrected chi connectivity index (χ2v) is 10.6. The van der Waals surface area contributed by atoms with Crippen LogP contribution in [-0.4, -0.2) is 35.0 Å². The number of carbonyl (C=O) groups excluding carboxylic acids is 1. The second-order valence-electron chi connectivity index (χ2n) is 10.2. The molecule has 5 nitrogen and oxygen atoms in total. The van der Waals surface area contributed by atoms with Crippen molar-refractivity contribution in [1.82, 2.24) is 9.80 Å². The SMILES string of the molecule is N#Cc1ccc(CN2CCC(C(=O)c3cc(Cl)c4c(c3)CN(Cc3ccc(OC(F)(F)F)cc3)C4)CC2)cc1. The van der Waals surface area contributed by atoms with Gasteiger partial charge in [-0.3, -0.25) is 14.6 Å². The molecule has 3 aromatic carbocycles. The summed E-state index contributed by atoms with van der Waals surface area (Å²) in [5, 5.41) is 9.54. The quantitative estimate of drug-likeness (QED) is 0.304. The second kappa shape index (κ2) is 11.4. The number of hydrogen-bond donors (Lipinski definition) is 0. The van der Waals surface area contributed by atoms with E-state index in [4.69, 9.17) is 16.9 Å². The molecule has 0 unspecified atom stereocenters. The zero-order valence-electron chi connectivity index (χ0n) is 21.2. The number of fused-ring (bicyclic) bond motifs is 1. The third-order valence-electron chi connectivity index (χ3n) is 7.36. The first kappa shape index (κ1) is 27.2. The average molecular weight is 554 g/mol. The topological polar surface area (TPSA) is 56.6 Å². The number of halogens is 4. The third-order valence-corrected chi connectivity index (χ3v) is 7.70. The van der Waals surface area contributed by atoms with Crippen molar-refractivity contribution in [1.29, 1.82) is 5.26 Å². The van der Waals surface area contributed by atoms with Crippen molar-refractivity contribution >= 4 is 17.4 Å². The molecular weight excluding hydrogens is 527 g/mol. The maximum Gasteiger partial charge on any atom is 0.573 e. The molecule has 0 amide bonds. The highest BCUT2D eigenvalue weighted by molar-refractivity contribution is 6.32. The Kier molecular flexibility index (Phi) is 7.94. The van der Waals surface area contributed by atoms with E-state index in [2.05, 4.69) is 20.6 Å². The molecule has 1 saturated heterocycles. The van der Waals surface area contributed by atoms with E-state index in [1.165, 1.54) is 12.1 Å². The standard InChI is InChI=1S/C30H27ClF3N3O2/c31-28-14-24(29(38)23-9-11-36(12-10-23)16-21-3-1-20(15-35)2-4-21)13-25-18-37(19-27(25)28)17-22-5-7-26(8-6-22)39-30(32,33)34/h1-8,13-14,23H,9-12,16-19H2. The molecule has 9 heteroatoms. The molecule has 202 valence electrons. The average Bonchev–Trinajstić information content (AvgIpc) is 3.32. The Morgan fingerprint density at radius 3 is 2.18 bits per heavy atom. The normalized spacial score (nSPS) is 16.6. The molecule has 3 aromatic rings. The number of ketones is 1. The molecule has 2 aliphatic rings. The van der Waals surface area contributed by atoms with Gasteiger partial charge in [0.05, 0.1) is 11.6 Å². The van der Waals surface area contributed by atoms with Gasteiger partial charge in [-0.05, 0) is 84.6 Å². The predicted octanol–water partition coefficient (Wildman–Crippen LogP) is 6.72. The van der Waals surface area contributed by atoms with Gasteiger partial charge in [0.2, 0.25) is 0 Å². The van der Waals surface area contributed by atoms with Crippen molar-refractivity contribution in [3.8, 4) is 11.8 Å². The maximum absolute atomic E-state index is 13.4. The molecule has 0 aromatic heterocycles. The van der Waals surface area contributed by atoms with Crippen molar-refractivity contribution in [2.45, 2.75) is 45.4 Å². The van der Waals surface area contributed by atoms with Crippen LogP contribution in [0.25, 0.3) is 0 Å². The maximum atomic E-state index is 13.4. The van der Waals surface area contributed by atoms with Crippen molar-refractivity contribution < 1.29 is 22.7 Å². The van der Waals surface area contributed by atoms with Gasteiger partial charge in [-0.2, -0.15) is 5.26 Å². The summed E-state index contributed by atoms with van der Waals surface area (Å²) in [6.45, 7) is 4.21. The molecule has 0 N–H and O–H groups in total. The molecule has 1 fully saturated rings. The minimum Gasteiger partial charge on any atom is -0.406 e. The van der Waals surface area contributed by atoms with Gasteiger partial charge in [0.25, 0.3) is 0 Å². The fourth-order valence-electron chi connectivity index (χ4n) is 5.37. The summed E-state index contributed by atoms with van der Waals surface area (Å²) in [5.74, 6) is -0.176. The Bertz CT molecular complexity index is 1380. The van der Waals surface area contributed by atoms with E-state index < -0.39 is 6.36 Å². The van der Waals surface area contributed by atoms with Gasteiger partial charge in [0, 0.05) is 42.7 Å². The Labute approximate surface area is 230 Å².